The molecule has 0 saturated heterocycles. The number of thiazole rings is 1. The van der Waals surface area contributed by atoms with Crippen LogP contribution in [0.1, 0.15) is 26.7 Å². The first kappa shape index (κ1) is 13.6. The molecule has 0 radical (unpaired) electrons. The van der Waals surface area contributed by atoms with Gasteiger partial charge in [-0.3, -0.25) is 0 Å². The minimum Gasteiger partial charge on any atom is -0.469 e. The van der Waals surface area contributed by atoms with E-state index in [1.807, 2.05) is 31.9 Å². The molecular weight excluding hydrogens is 264 g/mol. The number of aryl methyl sites for hydroxylation is 2. The lowest BCUT2D eigenvalue weighted by atomic mass is 10.2. The van der Waals surface area contributed by atoms with Crippen LogP contribution in [0.5, 0.6) is 0 Å². The Kier molecular flexibility index (Phi) is 3.90. The number of ether oxygens (including phenoxy) is 1. The van der Waals surface area contributed by atoms with Crippen molar-refractivity contribution in [2.75, 3.05) is 19.1 Å². The van der Waals surface area contributed by atoms with E-state index in [4.69, 9.17) is 9.15 Å². The van der Waals surface area contributed by atoms with E-state index < -0.39 is 5.97 Å². The van der Waals surface area contributed by atoms with E-state index in [-0.39, 0.29) is 0 Å². The molecule has 0 atom stereocenters. The summed E-state index contributed by atoms with van der Waals surface area (Å²) in [6, 6.07) is 1.94. The van der Waals surface area contributed by atoms with Crippen molar-refractivity contribution in [2.45, 2.75) is 20.4 Å². The van der Waals surface area contributed by atoms with E-state index >= 15 is 0 Å². The Morgan fingerprint density at radius 3 is 2.84 bits per heavy atom. The van der Waals surface area contributed by atoms with E-state index in [0.29, 0.717) is 12.2 Å². The first-order chi connectivity index (χ1) is 9.02. The Morgan fingerprint density at radius 2 is 2.26 bits per heavy atom. The maximum absolute atomic E-state index is 11.5. The molecule has 2 aromatic heterocycles. The summed E-state index contributed by atoms with van der Waals surface area (Å²) in [6.45, 7) is 4.48. The van der Waals surface area contributed by atoms with Gasteiger partial charge < -0.3 is 14.1 Å². The standard InChI is InChI=1S/C13H16N2O3S/c1-8-10(5-6-18-8)7-15(3)13-14-11(9(2)19-13)12(16)17-4/h5-6H,7H2,1-4H3. The molecule has 0 unspecified atom stereocenters. The lowest BCUT2D eigenvalue weighted by Crippen LogP contribution is -2.16. The molecule has 102 valence electrons. The Balaban J connectivity index is 2.18. The van der Waals surface area contributed by atoms with Crippen molar-refractivity contribution in [3.63, 3.8) is 0 Å². The summed E-state index contributed by atoms with van der Waals surface area (Å²) in [6.07, 6.45) is 1.67. The average molecular weight is 280 g/mol. The zero-order valence-corrected chi connectivity index (χ0v) is 12.2. The molecule has 0 N–H and O–H groups in total. The predicted molar refractivity (Wildman–Crippen MR) is 73.7 cm³/mol. The van der Waals surface area contributed by atoms with Gasteiger partial charge in [0.2, 0.25) is 0 Å². The van der Waals surface area contributed by atoms with Gasteiger partial charge in [0.1, 0.15) is 5.76 Å². The molecule has 0 amide bonds. The molecule has 5 nitrogen and oxygen atoms in total. The van der Waals surface area contributed by atoms with E-state index in [9.17, 15) is 4.79 Å². The van der Waals surface area contributed by atoms with Crippen molar-refractivity contribution in [2.24, 2.45) is 0 Å². The van der Waals surface area contributed by atoms with Gasteiger partial charge in [-0.25, -0.2) is 9.78 Å². The molecule has 2 aromatic rings. The van der Waals surface area contributed by atoms with Gasteiger partial charge in [0.25, 0.3) is 0 Å². The number of methoxy groups -OCH3 is 1. The highest BCUT2D eigenvalue weighted by Gasteiger charge is 2.18. The zero-order chi connectivity index (χ0) is 14.0. The van der Waals surface area contributed by atoms with Gasteiger partial charge >= 0.3 is 5.97 Å². The van der Waals surface area contributed by atoms with Crippen LogP contribution >= 0.6 is 11.3 Å². The highest BCUT2D eigenvalue weighted by molar-refractivity contribution is 7.15. The van der Waals surface area contributed by atoms with Crippen LogP contribution < -0.4 is 4.90 Å². The fourth-order valence-electron chi connectivity index (χ4n) is 1.73. The number of aromatic nitrogens is 1. The molecular formula is C13H16N2O3S. The number of esters is 1. The molecule has 0 aliphatic heterocycles. The molecule has 2 heterocycles. The van der Waals surface area contributed by atoms with Crippen LogP contribution in [0.3, 0.4) is 0 Å². The van der Waals surface area contributed by atoms with Crippen LogP contribution in [0, 0.1) is 13.8 Å². The third-order valence-electron chi connectivity index (χ3n) is 2.86. The second-order valence-corrected chi connectivity index (χ2v) is 5.43. The second-order valence-electron chi connectivity index (χ2n) is 4.25. The number of nitrogens with zero attached hydrogens (tertiary/aromatic N) is 2. The van der Waals surface area contributed by atoms with Gasteiger partial charge in [0.15, 0.2) is 10.8 Å². The van der Waals surface area contributed by atoms with Crippen molar-refractivity contribution in [3.8, 4) is 0 Å². The number of hydrogen-bond donors (Lipinski definition) is 0. The summed E-state index contributed by atoms with van der Waals surface area (Å²) in [5.74, 6) is 0.501. The van der Waals surface area contributed by atoms with Crippen molar-refractivity contribution in [3.05, 3.63) is 34.2 Å². The Hall–Kier alpha value is -1.82. The van der Waals surface area contributed by atoms with E-state index in [0.717, 1.165) is 21.3 Å². The summed E-state index contributed by atoms with van der Waals surface area (Å²) in [5, 5.41) is 0.790. The van der Waals surface area contributed by atoms with Gasteiger partial charge in [-0.05, 0) is 19.9 Å². The van der Waals surface area contributed by atoms with Crippen LogP contribution in [-0.4, -0.2) is 25.1 Å². The minimum atomic E-state index is -0.395. The van der Waals surface area contributed by atoms with Crippen LogP contribution in [0.4, 0.5) is 5.13 Å². The van der Waals surface area contributed by atoms with Gasteiger partial charge in [-0.15, -0.1) is 11.3 Å². The molecule has 0 aromatic carbocycles. The van der Waals surface area contributed by atoms with E-state index in [1.165, 1.54) is 18.4 Å². The quantitative estimate of drug-likeness (QED) is 0.806. The number of carbonyl (C=O) groups excluding carboxylic acids is 1. The van der Waals surface area contributed by atoms with Crippen LogP contribution in [0.25, 0.3) is 0 Å². The number of hydrogen-bond acceptors (Lipinski definition) is 6. The van der Waals surface area contributed by atoms with Crippen LogP contribution in [-0.2, 0) is 11.3 Å². The predicted octanol–water partition coefficient (Wildman–Crippen LogP) is 2.78. The highest BCUT2D eigenvalue weighted by atomic mass is 32.1. The van der Waals surface area contributed by atoms with Gasteiger partial charge in [0.05, 0.1) is 13.4 Å². The smallest absolute Gasteiger partial charge is 0.357 e. The van der Waals surface area contributed by atoms with Crippen molar-refractivity contribution >= 4 is 22.4 Å². The lowest BCUT2D eigenvalue weighted by molar-refractivity contribution is 0.0594. The fraction of sp³-hybridized carbons (Fsp3) is 0.385. The van der Waals surface area contributed by atoms with Gasteiger partial charge in [-0.2, -0.15) is 0 Å². The number of carbonyl (C=O) groups is 1. The maximum Gasteiger partial charge on any atom is 0.357 e. The minimum absolute atomic E-state index is 0.387. The van der Waals surface area contributed by atoms with Crippen molar-refractivity contribution in [1.82, 2.24) is 4.98 Å². The molecule has 6 heteroatoms. The summed E-state index contributed by atoms with van der Waals surface area (Å²) in [7, 11) is 3.30. The van der Waals surface area contributed by atoms with E-state index in [2.05, 4.69) is 4.98 Å². The Morgan fingerprint density at radius 1 is 1.53 bits per heavy atom. The Labute approximate surface area is 115 Å². The normalized spacial score (nSPS) is 10.5. The molecule has 0 saturated carbocycles. The average Bonchev–Trinajstić information content (AvgIpc) is 2.95. The monoisotopic (exact) mass is 280 g/mol. The van der Waals surface area contributed by atoms with Crippen molar-refractivity contribution in [1.29, 1.82) is 0 Å². The highest BCUT2D eigenvalue weighted by Crippen LogP contribution is 2.27. The van der Waals surface area contributed by atoms with Gasteiger partial charge in [0, 0.05) is 24.0 Å². The molecule has 19 heavy (non-hydrogen) atoms. The molecule has 0 bridgehead atoms. The molecule has 0 spiro atoms. The van der Waals surface area contributed by atoms with Crippen molar-refractivity contribution < 1.29 is 13.9 Å². The summed E-state index contributed by atoms with van der Waals surface area (Å²) < 4.78 is 9.97. The maximum atomic E-state index is 11.5. The van der Waals surface area contributed by atoms with Gasteiger partial charge in [-0.1, -0.05) is 0 Å². The van der Waals surface area contributed by atoms with E-state index in [1.54, 1.807) is 6.26 Å². The summed E-state index contributed by atoms with van der Waals surface area (Å²) >= 11 is 1.48. The number of furan rings is 1. The van der Waals surface area contributed by atoms with Crippen LogP contribution in [0.15, 0.2) is 16.7 Å². The lowest BCUT2D eigenvalue weighted by Gasteiger charge is -2.14. The summed E-state index contributed by atoms with van der Waals surface area (Å²) in [4.78, 5) is 18.7. The molecule has 0 aliphatic carbocycles. The molecule has 0 fully saturated rings. The molecule has 0 aliphatic rings. The largest absolute Gasteiger partial charge is 0.469 e. The SMILES string of the molecule is COC(=O)c1nc(N(C)Cc2ccoc2C)sc1C. The Bertz CT molecular complexity index is 588. The summed E-state index contributed by atoms with van der Waals surface area (Å²) in [5.41, 5.74) is 1.49. The first-order valence-electron chi connectivity index (χ1n) is 5.82. The number of anilines is 1. The van der Waals surface area contributed by atoms with Crippen LogP contribution in [0.2, 0.25) is 0 Å². The fourth-order valence-corrected chi connectivity index (χ4v) is 2.59. The second kappa shape index (κ2) is 5.44. The topological polar surface area (TPSA) is 55.6 Å². The number of rotatable bonds is 4. The molecule has 2 rings (SSSR count). The third kappa shape index (κ3) is 2.78. The first-order valence-corrected chi connectivity index (χ1v) is 6.64. The zero-order valence-electron chi connectivity index (χ0n) is 11.4. The third-order valence-corrected chi connectivity index (χ3v) is 3.95.